The third kappa shape index (κ3) is 7.77. The molecule has 0 aromatic rings. The summed E-state index contributed by atoms with van der Waals surface area (Å²) in [6.07, 6.45) is 35.6. The highest BCUT2D eigenvalue weighted by atomic mass is 16.3. The molecular weight excluding hydrogens is 601 g/mol. The fourth-order valence-electron chi connectivity index (χ4n) is 12.1. The molecule has 0 amide bonds. The van der Waals surface area contributed by atoms with Crippen LogP contribution in [0.2, 0.25) is 0 Å². The monoisotopic (exact) mass is 674 g/mol. The van der Waals surface area contributed by atoms with Gasteiger partial charge in [0.05, 0.1) is 12.0 Å². The minimum Gasteiger partial charge on any atom is -0.395 e. The first-order valence-corrected chi connectivity index (χ1v) is 21.1. The quantitative estimate of drug-likeness (QED) is 0.252. The number of aliphatic hydroxyl groups is 2. The molecule has 274 valence electrons. The van der Waals surface area contributed by atoms with Crippen LogP contribution in [-0.2, 0) is 0 Å². The fourth-order valence-corrected chi connectivity index (χ4v) is 12.1. The van der Waals surface area contributed by atoms with Gasteiger partial charge in [0.25, 0.3) is 0 Å². The van der Waals surface area contributed by atoms with Gasteiger partial charge in [-0.1, -0.05) is 90.2 Å². The van der Waals surface area contributed by atoms with E-state index in [0.29, 0.717) is 23.9 Å². The van der Waals surface area contributed by atoms with Crippen LogP contribution < -0.4 is 0 Å². The molecule has 5 atom stereocenters. The zero-order valence-electron chi connectivity index (χ0n) is 32.3. The van der Waals surface area contributed by atoms with Crippen molar-refractivity contribution in [3.8, 4) is 0 Å². The highest BCUT2D eigenvalue weighted by molar-refractivity contribution is 5.97. The molecule has 0 spiro atoms. The number of nitrogens with zero attached hydrogens (tertiary/aromatic N) is 2. The Morgan fingerprint density at radius 3 is 2.10 bits per heavy atom. The number of aliphatic hydroxyl groups excluding tert-OH is 2. The van der Waals surface area contributed by atoms with Crippen molar-refractivity contribution in [1.29, 1.82) is 0 Å². The molecule has 3 saturated carbocycles. The zero-order valence-corrected chi connectivity index (χ0v) is 32.3. The van der Waals surface area contributed by atoms with Crippen molar-refractivity contribution in [1.82, 2.24) is 4.90 Å². The summed E-state index contributed by atoms with van der Waals surface area (Å²) >= 11 is 0. The topological polar surface area (TPSA) is 46.7 Å². The minimum atomic E-state index is 0.123. The summed E-state index contributed by atoms with van der Waals surface area (Å²) in [4.78, 5) is 2.64. The normalized spacial score (nSPS) is 34.7. The van der Waals surface area contributed by atoms with E-state index in [1.165, 1.54) is 137 Å². The first-order chi connectivity index (χ1) is 23.7. The molecule has 0 bridgehead atoms. The van der Waals surface area contributed by atoms with Crippen LogP contribution in [0.3, 0.4) is 0 Å². The summed E-state index contributed by atoms with van der Waals surface area (Å²) in [5, 5.41) is 20.2. The van der Waals surface area contributed by atoms with Crippen molar-refractivity contribution in [2.45, 2.75) is 169 Å². The maximum atomic E-state index is 10.2. The summed E-state index contributed by atoms with van der Waals surface area (Å²) in [6, 6.07) is 1.15. The summed E-state index contributed by atoms with van der Waals surface area (Å²) < 4.78 is 2.57. The van der Waals surface area contributed by atoms with Crippen LogP contribution in [0.5, 0.6) is 0 Å². The number of β-amino-alcohol motifs (C(OH)–C–C–N with tert-alkyl or cyclic N) is 2. The Labute approximate surface area is 300 Å². The molecule has 4 nitrogen and oxygen atoms in total. The second kappa shape index (κ2) is 16.4. The molecule has 4 aliphatic carbocycles. The summed E-state index contributed by atoms with van der Waals surface area (Å²) in [6.45, 7) is 14.3. The number of rotatable bonds is 8. The number of hydrogen-bond acceptors (Lipinski definition) is 3. The van der Waals surface area contributed by atoms with Gasteiger partial charge in [0.2, 0.25) is 0 Å². The number of allylic oxidation sites excluding steroid dienone is 8. The third-order valence-corrected chi connectivity index (χ3v) is 14.9. The van der Waals surface area contributed by atoms with Gasteiger partial charge in [-0.3, -0.25) is 0 Å². The number of fused-ring (bicyclic) bond motifs is 2. The van der Waals surface area contributed by atoms with E-state index < -0.39 is 0 Å². The van der Waals surface area contributed by atoms with Crippen molar-refractivity contribution in [2.75, 3.05) is 26.3 Å². The Hall–Kier alpha value is -1.65. The maximum absolute atomic E-state index is 10.2. The van der Waals surface area contributed by atoms with Crippen LogP contribution in [0.4, 0.5) is 0 Å². The van der Waals surface area contributed by atoms with Crippen LogP contribution in [0, 0.1) is 34.5 Å². The first-order valence-electron chi connectivity index (χ1n) is 21.1. The molecule has 0 aromatic carbocycles. The third-order valence-electron chi connectivity index (χ3n) is 14.9. The van der Waals surface area contributed by atoms with Gasteiger partial charge in [0.15, 0.2) is 18.3 Å². The lowest BCUT2D eigenvalue weighted by Gasteiger charge is -2.41. The van der Waals surface area contributed by atoms with E-state index >= 15 is 0 Å². The molecule has 49 heavy (non-hydrogen) atoms. The van der Waals surface area contributed by atoms with Crippen LogP contribution in [-0.4, -0.2) is 63.8 Å². The SMILES string of the molecule is CC1=C(C=CC2=[N+](CCO)C3CCCCC3C2(C)C)CCCC1=CC=C1N(CCO)C2CCC(C3CCCCCCCCC3)CC2C1(C)C. The molecule has 2 heterocycles. The Morgan fingerprint density at radius 2 is 1.39 bits per heavy atom. The largest absolute Gasteiger partial charge is 0.395 e. The first kappa shape index (κ1) is 37.1. The molecule has 1 saturated heterocycles. The smallest absolute Gasteiger partial charge is 0.182 e. The average molecular weight is 674 g/mol. The van der Waals surface area contributed by atoms with Gasteiger partial charge >= 0.3 is 0 Å². The van der Waals surface area contributed by atoms with Crippen LogP contribution in [0.1, 0.15) is 157 Å². The van der Waals surface area contributed by atoms with E-state index in [1.807, 2.05) is 0 Å². The maximum Gasteiger partial charge on any atom is 0.182 e. The summed E-state index contributed by atoms with van der Waals surface area (Å²) in [7, 11) is 0. The van der Waals surface area contributed by atoms with E-state index in [4.69, 9.17) is 0 Å². The van der Waals surface area contributed by atoms with Gasteiger partial charge in [-0.05, 0) is 113 Å². The highest BCUT2D eigenvalue weighted by Gasteiger charge is 2.54. The Morgan fingerprint density at radius 1 is 0.694 bits per heavy atom. The Balaban J connectivity index is 1.23. The van der Waals surface area contributed by atoms with Crippen LogP contribution in [0.15, 0.2) is 46.7 Å². The van der Waals surface area contributed by atoms with Crippen molar-refractivity contribution < 1.29 is 14.8 Å². The predicted octanol–water partition coefficient (Wildman–Crippen LogP) is 10.2. The Bertz CT molecular complexity index is 1290. The van der Waals surface area contributed by atoms with Crippen molar-refractivity contribution >= 4 is 5.71 Å². The zero-order chi connectivity index (χ0) is 34.6. The van der Waals surface area contributed by atoms with Crippen molar-refractivity contribution in [3.63, 3.8) is 0 Å². The summed E-state index contributed by atoms with van der Waals surface area (Å²) in [5.74, 6) is 3.17. The molecule has 4 fully saturated rings. The molecule has 6 rings (SSSR count). The van der Waals surface area contributed by atoms with Gasteiger partial charge in [0, 0.05) is 42.1 Å². The summed E-state index contributed by atoms with van der Waals surface area (Å²) in [5.41, 5.74) is 7.62. The van der Waals surface area contributed by atoms with Crippen LogP contribution >= 0.6 is 0 Å². The molecular formula is C45H73N2O2+. The van der Waals surface area contributed by atoms with Crippen molar-refractivity contribution in [3.05, 3.63) is 46.7 Å². The van der Waals surface area contributed by atoms with E-state index in [0.717, 1.165) is 37.8 Å². The molecule has 6 aliphatic rings. The van der Waals surface area contributed by atoms with E-state index in [9.17, 15) is 10.2 Å². The Kier molecular flexibility index (Phi) is 12.4. The average Bonchev–Trinajstić information content (AvgIpc) is 3.44. The molecule has 2 N–H and O–H groups in total. The highest BCUT2D eigenvalue weighted by Crippen LogP contribution is 2.56. The van der Waals surface area contributed by atoms with Gasteiger partial charge in [-0.25, -0.2) is 4.58 Å². The number of likely N-dealkylation sites (tertiary alicyclic amines) is 1. The van der Waals surface area contributed by atoms with Crippen LogP contribution in [0.25, 0.3) is 0 Å². The van der Waals surface area contributed by atoms with Gasteiger partial charge < -0.3 is 15.1 Å². The lowest BCUT2D eigenvalue weighted by Crippen LogP contribution is -2.40. The van der Waals surface area contributed by atoms with Gasteiger partial charge in [-0.15, -0.1) is 0 Å². The van der Waals surface area contributed by atoms with E-state index in [1.54, 1.807) is 0 Å². The van der Waals surface area contributed by atoms with Gasteiger partial charge in [0.1, 0.15) is 6.61 Å². The molecule has 2 aliphatic heterocycles. The molecule has 4 heteroatoms. The predicted molar refractivity (Wildman–Crippen MR) is 206 cm³/mol. The standard InChI is InChI=1S/C45H73N2O2/c1-33-34(23-26-42-44(2,3)38-20-13-14-21-40(38)46(42)28-30-48)18-15-19-35(33)24-27-43-45(4,5)39-32-37(22-25-41(39)47(43)29-31-49)36-16-11-9-7-6-8-10-12-17-36/h23-24,26-27,36-41,48-49H,6-22,25,28-32H2,1-5H3/q+1. The lowest BCUT2D eigenvalue weighted by molar-refractivity contribution is -0.568. The number of hydrogen-bond donors (Lipinski definition) is 2. The second-order valence-corrected chi connectivity index (χ2v) is 18.3. The molecule has 0 radical (unpaired) electrons. The van der Waals surface area contributed by atoms with Crippen molar-refractivity contribution in [2.24, 2.45) is 34.5 Å². The molecule has 0 aromatic heterocycles. The van der Waals surface area contributed by atoms with E-state index in [-0.39, 0.29) is 24.0 Å². The molecule has 5 unspecified atom stereocenters. The lowest BCUT2D eigenvalue weighted by atomic mass is 9.64. The fraction of sp³-hybridized carbons (Fsp3) is 0.800. The minimum absolute atomic E-state index is 0.123. The second-order valence-electron chi connectivity index (χ2n) is 18.3. The van der Waals surface area contributed by atoms with E-state index in [2.05, 4.69) is 68.4 Å². The van der Waals surface area contributed by atoms with Gasteiger partial charge in [-0.2, -0.15) is 0 Å².